The predicted octanol–water partition coefficient (Wildman–Crippen LogP) is 6.31. The number of benzene rings is 1. The van der Waals surface area contributed by atoms with E-state index in [2.05, 4.69) is 59.8 Å². The molecule has 6 aromatic rings. The van der Waals surface area contributed by atoms with Crippen LogP contribution in [-0.4, -0.2) is 19.5 Å². The minimum Gasteiger partial charge on any atom is -0.443 e. The first-order valence-corrected chi connectivity index (χ1v) is 10.3. The summed E-state index contributed by atoms with van der Waals surface area (Å²) in [6, 6.07) is 18.8. The molecule has 0 N–H and O–H groups in total. The lowest BCUT2D eigenvalue weighted by Crippen LogP contribution is -1.99. The zero-order chi connectivity index (χ0) is 21.1. The van der Waals surface area contributed by atoms with Crippen molar-refractivity contribution < 1.29 is 4.42 Å². The summed E-state index contributed by atoms with van der Waals surface area (Å²) in [7, 11) is 0. The van der Waals surface area contributed by atoms with Crippen LogP contribution in [0.15, 0.2) is 71.4 Å². The van der Waals surface area contributed by atoms with E-state index in [-0.39, 0.29) is 0 Å². The predicted molar refractivity (Wildman–Crippen MR) is 124 cm³/mol. The van der Waals surface area contributed by atoms with Gasteiger partial charge in [-0.15, -0.1) is 0 Å². The van der Waals surface area contributed by atoms with Gasteiger partial charge in [-0.2, -0.15) is 0 Å². The minimum absolute atomic E-state index is 0.638. The van der Waals surface area contributed by atoms with E-state index in [1.54, 1.807) is 6.20 Å². The summed E-state index contributed by atoms with van der Waals surface area (Å²) >= 11 is 0. The highest BCUT2D eigenvalue weighted by Gasteiger charge is 2.17. The van der Waals surface area contributed by atoms with Crippen molar-refractivity contribution in [3.05, 3.63) is 84.0 Å². The zero-order valence-electron chi connectivity index (χ0n) is 17.5. The maximum Gasteiger partial charge on any atom is 0.228 e. The largest absolute Gasteiger partial charge is 0.443 e. The molecule has 5 aromatic heterocycles. The van der Waals surface area contributed by atoms with Gasteiger partial charge in [-0.1, -0.05) is 17.7 Å². The van der Waals surface area contributed by atoms with E-state index < -0.39 is 0 Å². The molecule has 0 amide bonds. The highest BCUT2D eigenvalue weighted by atomic mass is 16.3. The van der Waals surface area contributed by atoms with Gasteiger partial charge < -0.3 is 4.42 Å². The second kappa shape index (κ2) is 6.51. The molecule has 31 heavy (non-hydrogen) atoms. The molecule has 0 spiro atoms. The van der Waals surface area contributed by atoms with Crippen LogP contribution in [0.25, 0.3) is 50.0 Å². The van der Waals surface area contributed by atoms with Crippen molar-refractivity contribution in [1.82, 2.24) is 19.5 Å². The van der Waals surface area contributed by atoms with E-state index in [1.807, 2.05) is 31.3 Å². The average molecular weight is 404 g/mol. The number of nitrogens with zero attached hydrogens (tertiary/aromatic N) is 4. The Hall–Kier alpha value is -3.99. The quantitative estimate of drug-likeness (QED) is 0.339. The lowest BCUT2D eigenvalue weighted by atomic mass is 10.1. The summed E-state index contributed by atoms with van der Waals surface area (Å²) in [5, 5.41) is 3.20. The maximum absolute atomic E-state index is 5.75. The van der Waals surface area contributed by atoms with Crippen LogP contribution in [0.2, 0.25) is 0 Å². The Kier molecular flexibility index (Phi) is 3.74. The van der Waals surface area contributed by atoms with E-state index in [9.17, 15) is 0 Å². The molecular weight excluding hydrogens is 384 g/mol. The molecule has 1 aromatic carbocycles. The summed E-state index contributed by atoms with van der Waals surface area (Å²) in [6.45, 7) is 6.14. The van der Waals surface area contributed by atoms with E-state index >= 15 is 0 Å². The van der Waals surface area contributed by atoms with Gasteiger partial charge in [-0.05, 0) is 63.2 Å². The fraction of sp³-hybridized carbons (Fsp3) is 0.115. The van der Waals surface area contributed by atoms with Gasteiger partial charge in [0.25, 0.3) is 0 Å². The van der Waals surface area contributed by atoms with Crippen LogP contribution < -0.4 is 0 Å². The molecule has 150 valence electrons. The van der Waals surface area contributed by atoms with Crippen LogP contribution in [0.1, 0.15) is 17.0 Å². The summed E-state index contributed by atoms with van der Waals surface area (Å²) in [6.07, 6.45) is 3.64. The lowest BCUT2D eigenvalue weighted by Gasteiger charge is -2.09. The molecule has 0 aliphatic heterocycles. The molecule has 0 aliphatic carbocycles. The van der Waals surface area contributed by atoms with Gasteiger partial charge in [0.15, 0.2) is 0 Å². The van der Waals surface area contributed by atoms with E-state index in [0.29, 0.717) is 5.71 Å². The standard InChI is InChI=1S/C26H20N4O/c1-15-4-6-22-18(12-15)5-7-23(29-22)19-8-10-27-25-20(19)13-16(2)30(25)24-9-11-28-26-21(24)14-17(3)31-26/h4-14H,1-3H3. The van der Waals surface area contributed by atoms with Crippen LogP contribution in [0.4, 0.5) is 0 Å². The van der Waals surface area contributed by atoms with Crippen molar-refractivity contribution in [2.75, 3.05) is 0 Å². The fourth-order valence-corrected chi connectivity index (χ4v) is 4.39. The van der Waals surface area contributed by atoms with Crippen LogP contribution >= 0.6 is 0 Å². The highest BCUT2D eigenvalue weighted by molar-refractivity contribution is 5.97. The number of furan rings is 1. The molecule has 0 radical (unpaired) electrons. The van der Waals surface area contributed by atoms with Crippen LogP contribution in [-0.2, 0) is 0 Å². The van der Waals surface area contributed by atoms with E-state index in [4.69, 9.17) is 14.4 Å². The second-order valence-electron chi connectivity index (χ2n) is 8.02. The first-order chi connectivity index (χ1) is 15.1. The van der Waals surface area contributed by atoms with Crippen molar-refractivity contribution in [3.8, 4) is 16.9 Å². The molecule has 0 aliphatic rings. The number of hydrogen-bond acceptors (Lipinski definition) is 4. The molecule has 0 saturated carbocycles. The molecule has 0 bridgehead atoms. The van der Waals surface area contributed by atoms with E-state index in [0.717, 1.165) is 55.7 Å². The normalized spacial score (nSPS) is 11.7. The number of aromatic nitrogens is 4. The smallest absolute Gasteiger partial charge is 0.228 e. The van der Waals surface area contributed by atoms with Crippen molar-refractivity contribution in [2.24, 2.45) is 0 Å². The highest BCUT2D eigenvalue weighted by Crippen LogP contribution is 2.33. The monoisotopic (exact) mass is 404 g/mol. The molecule has 0 fully saturated rings. The Morgan fingerprint density at radius 1 is 0.806 bits per heavy atom. The van der Waals surface area contributed by atoms with Crippen molar-refractivity contribution in [3.63, 3.8) is 0 Å². The van der Waals surface area contributed by atoms with Gasteiger partial charge in [0.05, 0.1) is 22.3 Å². The Labute approximate surface area is 179 Å². The summed E-state index contributed by atoms with van der Waals surface area (Å²) in [4.78, 5) is 14.0. The van der Waals surface area contributed by atoms with Gasteiger partial charge >= 0.3 is 0 Å². The molecule has 5 heterocycles. The third kappa shape index (κ3) is 2.74. The third-order valence-corrected chi connectivity index (χ3v) is 5.78. The Morgan fingerprint density at radius 3 is 2.58 bits per heavy atom. The van der Waals surface area contributed by atoms with Crippen LogP contribution in [0.5, 0.6) is 0 Å². The molecular formula is C26H20N4O. The minimum atomic E-state index is 0.638. The van der Waals surface area contributed by atoms with Gasteiger partial charge in [-0.3, -0.25) is 4.57 Å². The van der Waals surface area contributed by atoms with Crippen molar-refractivity contribution in [2.45, 2.75) is 20.8 Å². The SMILES string of the molecule is Cc1ccc2nc(-c3ccnc4c3cc(C)n4-c3ccnc4oc(C)cc34)ccc2c1. The fourth-order valence-electron chi connectivity index (χ4n) is 4.39. The number of rotatable bonds is 2. The molecule has 5 nitrogen and oxygen atoms in total. The summed E-state index contributed by atoms with van der Waals surface area (Å²) in [5.74, 6) is 0.841. The average Bonchev–Trinajstić information content (AvgIpc) is 3.31. The third-order valence-electron chi connectivity index (χ3n) is 5.78. The Balaban J connectivity index is 1.60. The van der Waals surface area contributed by atoms with E-state index in [1.165, 1.54) is 5.56 Å². The summed E-state index contributed by atoms with van der Waals surface area (Å²) < 4.78 is 7.91. The number of aryl methyl sites for hydroxylation is 3. The Bertz CT molecular complexity index is 1620. The number of fused-ring (bicyclic) bond motifs is 3. The number of pyridine rings is 3. The van der Waals surface area contributed by atoms with Crippen molar-refractivity contribution >= 4 is 33.0 Å². The van der Waals surface area contributed by atoms with Crippen LogP contribution in [0, 0.1) is 20.8 Å². The van der Waals surface area contributed by atoms with Gasteiger partial charge in [0.1, 0.15) is 11.4 Å². The topological polar surface area (TPSA) is 56.7 Å². The van der Waals surface area contributed by atoms with Gasteiger partial charge in [-0.25, -0.2) is 15.0 Å². The molecule has 5 heteroatoms. The molecule has 0 atom stereocenters. The van der Waals surface area contributed by atoms with Crippen molar-refractivity contribution in [1.29, 1.82) is 0 Å². The zero-order valence-corrected chi connectivity index (χ0v) is 17.5. The number of hydrogen-bond donors (Lipinski definition) is 0. The van der Waals surface area contributed by atoms with Gasteiger partial charge in [0.2, 0.25) is 5.71 Å². The first kappa shape index (κ1) is 17.8. The second-order valence-corrected chi connectivity index (χ2v) is 8.02. The maximum atomic E-state index is 5.75. The van der Waals surface area contributed by atoms with Gasteiger partial charge in [0, 0.05) is 34.4 Å². The molecule has 6 rings (SSSR count). The first-order valence-electron chi connectivity index (χ1n) is 10.3. The van der Waals surface area contributed by atoms with Crippen LogP contribution in [0.3, 0.4) is 0 Å². The Morgan fingerprint density at radius 2 is 1.68 bits per heavy atom. The lowest BCUT2D eigenvalue weighted by molar-refractivity contribution is 0.567. The molecule has 0 saturated heterocycles. The summed E-state index contributed by atoms with van der Waals surface area (Å²) in [5.41, 5.74) is 7.89. The molecule has 0 unspecified atom stereocenters.